The summed E-state index contributed by atoms with van der Waals surface area (Å²) in [5, 5.41) is 0. The molecule has 0 atom stereocenters. The monoisotopic (exact) mass is 160 g/mol. The molecule has 0 amide bonds. The summed E-state index contributed by atoms with van der Waals surface area (Å²) >= 11 is 5.99. The van der Waals surface area contributed by atoms with Gasteiger partial charge in [-0.25, -0.2) is 0 Å². The SMILES string of the molecule is BC(B)(Cl)C(B)(OC)OC. The van der Waals surface area contributed by atoms with Gasteiger partial charge in [-0.2, -0.15) is 0 Å². The van der Waals surface area contributed by atoms with Gasteiger partial charge < -0.3 is 9.47 Å². The fourth-order valence-corrected chi connectivity index (χ4v) is 0.723. The molecule has 0 aliphatic carbocycles. The zero-order valence-electron chi connectivity index (χ0n) is 7.19. The smallest absolute Gasteiger partial charge is 0.179 e. The molecule has 0 saturated carbocycles. The van der Waals surface area contributed by atoms with Crippen molar-refractivity contribution < 1.29 is 9.47 Å². The zero-order chi connectivity index (χ0) is 8.41. The van der Waals surface area contributed by atoms with Crippen LogP contribution in [0.1, 0.15) is 0 Å². The van der Waals surface area contributed by atoms with Crippen molar-refractivity contribution in [3.63, 3.8) is 0 Å². The van der Waals surface area contributed by atoms with Crippen LogP contribution in [0.25, 0.3) is 0 Å². The molecule has 0 rings (SSSR count). The standard InChI is InChI=1S/C4H12B3ClO2/c1-9-4(7,10-2)3(5,6)8/h5-7H2,1-2H3. The molecule has 0 fully saturated rings. The molecule has 0 aromatic heterocycles. The van der Waals surface area contributed by atoms with Crippen LogP contribution in [0, 0.1) is 0 Å². The first kappa shape index (κ1) is 10.4. The molecule has 0 aromatic rings. The third kappa shape index (κ3) is 1.94. The van der Waals surface area contributed by atoms with Gasteiger partial charge in [-0.15, -0.1) is 11.6 Å². The number of ether oxygens (including phenoxy) is 2. The van der Waals surface area contributed by atoms with E-state index in [4.69, 9.17) is 21.1 Å². The topological polar surface area (TPSA) is 18.5 Å². The number of alkyl halides is 1. The Morgan fingerprint density at radius 3 is 1.40 bits per heavy atom. The van der Waals surface area contributed by atoms with Crippen molar-refractivity contribution in [2.75, 3.05) is 14.2 Å². The minimum atomic E-state index is -0.714. The summed E-state index contributed by atoms with van der Waals surface area (Å²) in [5.74, 6) is 0. The van der Waals surface area contributed by atoms with Crippen molar-refractivity contribution in [3.8, 4) is 0 Å². The zero-order valence-corrected chi connectivity index (χ0v) is 7.95. The van der Waals surface area contributed by atoms with Gasteiger partial charge in [0, 0.05) is 18.9 Å². The van der Waals surface area contributed by atoms with Crippen LogP contribution in [0.4, 0.5) is 0 Å². The first-order chi connectivity index (χ1) is 4.37. The van der Waals surface area contributed by atoms with Gasteiger partial charge >= 0.3 is 0 Å². The maximum atomic E-state index is 5.99. The van der Waals surface area contributed by atoms with E-state index in [2.05, 4.69) is 0 Å². The summed E-state index contributed by atoms with van der Waals surface area (Å²) in [6.45, 7) is 0. The molecule has 56 valence electrons. The van der Waals surface area contributed by atoms with Crippen molar-refractivity contribution in [2.45, 2.75) is 10.4 Å². The van der Waals surface area contributed by atoms with Crippen molar-refractivity contribution in [1.29, 1.82) is 0 Å². The average Bonchev–Trinajstić information content (AvgIpc) is 1.84. The number of hydrogen-bond acceptors (Lipinski definition) is 2. The summed E-state index contributed by atoms with van der Waals surface area (Å²) in [6, 6.07) is 0. The van der Waals surface area contributed by atoms with E-state index in [0.29, 0.717) is 0 Å². The molecule has 10 heavy (non-hydrogen) atoms. The van der Waals surface area contributed by atoms with Crippen LogP contribution in [0.5, 0.6) is 0 Å². The van der Waals surface area contributed by atoms with Crippen LogP contribution in [0.3, 0.4) is 0 Å². The van der Waals surface area contributed by atoms with Gasteiger partial charge in [-0.05, 0) is 0 Å². The van der Waals surface area contributed by atoms with Crippen LogP contribution >= 0.6 is 11.6 Å². The largest absolute Gasteiger partial charge is 0.362 e. The Labute approximate surface area is 69.8 Å². The van der Waals surface area contributed by atoms with E-state index in [1.54, 1.807) is 22.1 Å². The predicted molar refractivity (Wildman–Crippen MR) is 51.0 cm³/mol. The Balaban J connectivity index is 4.33. The molecule has 0 N–H and O–H groups in total. The third-order valence-electron chi connectivity index (χ3n) is 1.86. The summed E-state index contributed by atoms with van der Waals surface area (Å²) in [5.41, 5.74) is -0.714. The highest BCUT2D eigenvalue weighted by Crippen LogP contribution is 2.23. The molecule has 0 spiro atoms. The highest BCUT2D eigenvalue weighted by molar-refractivity contribution is 6.65. The van der Waals surface area contributed by atoms with Gasteiger partial charge in [-0.3, -0.25) is 0 Å². The lowest BCUT2D eigenvalue weighted by molar-refractivity contribution is -0.138. The summed E-state index contributed by atoms with van der Waals surface area (Å²) in [6.07, 6.45) is 0. The molecular weight excluding hydrogens is 148 g/mol. The Hall–Kier alpha value is 0.405. The molecule has 6 heteroatoms. The molecule has 0 bridgehead atoms. The third-order valence-corrected chi connectivity index (χ3v) is 2.20. The van der Waals surface area contributed by atoms with E-state index in [1.165, 1.54) is 0 Å². The number of halogens is 1. The van der Waals surface area contributed by atoms with Crippen molar-refractivity contribution in [1.82, 2.24) is 0 Å². The first-order valence-electron chi connectivity index (χ1n) is 3.16. The Bertz CT molecular complexity index is 110. The molecule has 0 aromatic carbocycles. The fraction of sp³-hybridized carbons (Fsp3) is 1.00. The molecule has 0 unspecified atom stereocenters. The van der Waals surface area contributed by atoms with Crippen molar-refractivity contribution >= 4 is 35.1 Å². The van der Waals surface area contributed by atoms with Crippen molar-refractivity contribution in [3.05, 3.63) is 0 Å². The van der Waals surface area contributed by atoms with Crippen molar-refractivity contribution in [2.24, 2.45) is 0 Å². The highest BCUT2D eigenvalue weighted by atomic mass is 35.5. The maximum absolute atomic E-state index is 5.99. The fourth-order valence-electron chi connectivity index (χ4n) is 0.569. The molecule has 0 radical (unpaired) electrons. The van der Waals surface area contributed by atoms with E-state index < -0.39 is 10.4 Å². The van der Waals surface area contributed by atoms with E-state index >= 15 is 0 Å². The molecule has 0 saturated heterocycles. The van der Waals surface area contributed by atoms with E-state index in [1.807, 2.05) is 15.7 Å². The molecule has 0 aliphatic heterocycles. The van der Waals surface area contributed by atoms with Crippen LogP contribution < -0.4 is 0 Å². The summed E-state index contributed by atoms with van der Waals surface area (Å²) < 4.78 is 9.68. The first-order valence-corrected chi connectivity index (χ1v) is 3.54. The minimum Gasteiger partial charge on any atom is -0.362 e. The molecule has 0 aliphatic rings. The van der Waals surface area contributed by atoms with Crippen LogP contribution in [0.2, 0.25) is 0 Å². The van der Waals surface area contributed by atoms with Gasteiger partial charge in [0.2, 0.25) is 0 Å². The van der Waals surface area contributed by atoms with Gasteiger partial charge in [0.05, 0.1) is 0 Å². The normalized spacial score (nSPS) is 13.5. The lowest BCUT2D eigenvalue weighted by Gasteiger charge is -2.37. The summed E-state index contributed by atoms with van der Waals surface area (Å²) in [7, 11) is 8.66. The van der Waals surface area contributed by atoms with E-state index in [0.717, 1.165) is 0 Å². The quantitative estimate of drug-likeness (QED) is 0.263. The second kappa shape index (κ2) is 3.20. The number of rotatable bonds is 3. The molecular formula is C4H12B3ClO2. The molecule has 0 heterocycles. The highest BCUT2D eigenvalue weighted by Gasteiger charge is 2.39. The van der Waals surface area contributed by atoms with Gasteiger partial charge in [-0.1, -0.05) is 0 Å². The van der Waals surface area contributed by atoms with Crippen LogP contribution in [0.15, 0.2) is 0 Å². The molecule has 2 nitrogen and oxygen atoms in total. The average molecular weight is 160 g/mol. The Kier molecular flexibility index (Phi) is 3.33. The minimum absolute atomic E-state index is 0.517. The Morgan fingerprint density at radius 1 is 1.10 bits per heavy atom. The van der Waals surface area contributed by atoms with Gasteiger partial charge in [0.15, 0.2) is 7.85 Å². The van der Waals surface area contributed by atoms with Gasteiger partial charge in [0.1, 0.15) is 21.4 Å². The lowest BCUT2D eigenvalue weighted by Crippen LogP contribution is -2.54. The van der Waals surface area contributed by atoms with Crippen LogP contribution in [-0.4, -0.2) is 48.1 Å². The van der Waals surface area contributed by atoms with E-state index in [9.17, 15) is 0 Å². The van der Waals surface area contributed by atoms with E-state index in [-0.39, 0.29) is 0 Å². The Morgan fingerprint density at radius 2 is 1.40 bits per heavy atom. The lowest BCUT2D eigenvalue weighted by atomic mass is 9.58. The second-order valence-corrected chi connectivity index (χ2v) is 3.77. The number of methoxy groups -OCH3 is 2. The second-order valence-electron chi connectivity index (χ2n) is 2.83. The number of hydrogen-bond donors (Lipinski definition) is 0. The van der Waals surface area contributed by atoms with Gasteiger partial charge in [0.25, 0.3) is 0 Å². The van der Waals surface area contributed by atoms with Crippen LogP contribution in [-0.2, 0) is 9.47 Å². The maximum Gasteiger partial charge on any atom is 0.179 e. The predicted octanol–water partition coefficient (Wildman–Crippen LogP) is -2.28. The summed E-state index contributed by atoms with van der Waals surface area (Å²) in [4.78, 5) is 0.